The molecule has 4 nitrogen and oxygen atoms in total. The monoisotopic (exact) mass is 269 g/mol. The van der Waals surface area contributed by atoms with Gasteiger partial charge in [0, 0.05) is 12.3 Å². The lowest BCUT2D eigenvalue weighted by Gasteiger charge is -2.17. The molecule has 5 heteroatoms. The molecule has 0 aliphatic heterocycles. The van der Waals surface area contributed by atoms with Crippen molar-refractivity contribution in [2.75, 3.05) is 14.2 Å². The molecule has 1 aliphatic carbocycles. The molecule has 0 bridgehead atoms. The number of nitrogens with zero attached hydrogens (tertiary/aromatic N) is 1. The Hall–Kier alpha value is -1.29. The Labute approximate surface area is 111 Å². The fourth-order valence-electron chi connectivity index (χ4n) is 2.12. The van der Waals surface area contributed by atoms with Crippen LogP contribution in [-0.4, -0.2) is 25.2 Å². The molecule has 1 atom stereocenters. The predicted octanol–water partition coefficient (Wildman–Crippen LogP) is 2.80. The lowest BCUT2D eigenvalue weighted by atomic mass is 9.91. The van der Waals surface area contributed by atoms with Crippen LogP contribution in [0, 0.1) is 5.92 Å². The van der Waals surface area contributed by atoms with Gasteiger partial charge in [0.2, 0.25) is 5.88 Å². The molecule has 1 aromatic rings. The van der Waals surface area contributed by atoms with Crippen LogP contribution in [0.2, 0.25) is 5.02 Å². The third kappa shape index (κ3) is 2.93. The van der Waals surface area contributed by atoms with Crippen LogP contribution in [0.5, 0.6) is 5.88 Å². The fourth-order valence-corrected chi connectivity index (χ4v) is 2.37. The van der Waals surface area contributed by atoms with Crippen molar-refractivity contribution in [3.05, 3.63) is 22.8 Å². The Balaban J connectivity index is 2.26. The van der Waals surface area contributed by atoms with E-state index in [0.29, 0.717) is 23.2 Å². The Bertz CT molecular complexity index is 446. The van der Waals surface area contributed by atoms with Crippen LogP contribution >= 0.6 is 11.6 Å². The summed E-state index contributed by atoms with van der Waals surface area (Å²) in [6, 6.07) is 1.81. The number of esters is 1. The molecule has 0 amide bonds. The molecule has 1 heterocycles. The highest BCUT2D eigenvalue weighted by Crippen LogP contribution is 2.46. The van der Waals surface area contributed by atoms with E-state index >= 15 is 0 Å². The standard InChI is InChI=1S/C13H16ClNO3/c1-17-12-5-10(11(14)7-15-12)9(8-3-4-8)6-13(16)18-2/h5,7-9H,3-4,6H2,1-2H3. The molecule has 0 saturated heterocycles. The second-order valence-corrected chi connectivity index (χ2v) is 4.88. The van der Waals surface area contributed by atoms with Crippen LogP contribution in [0.25, 0.3) is 0 Å². The van der Waals surface area contributed by atoms with Crippen molar-refractivity contribution in [2.45, 2.75) is 25.2 Å². The molecule has 98 valence electrons. The first-order valence-corrected chi connectivity index (χ1v) is 6.29. The Morgan fingerprint density at radius 3 is 2.83 bits per heavy atom. The van der Waals surface area contributed by atoms with E-state index in [9.17, 15) is 4.79 Å². The normalized spacial score (nSPS) is 16.2. The fraction of sp³-hybridized carbons (Fsp3) is 0.538. The maximum atomic E-state index is 11.5. The highest BCUT2D eigenvalue weighted by atomic mass is 35.5. The van der Waals surface area contributed by atoms with E-state index in [-0.39, 0.29) is 11.9 Å². The molecule has 0 N–H and O–H groups in total. The van der Waals surface area contributed by atoms with Gasteiger partial charge in [0.1, 0.15) is 0 Å². The van der Waals surface area contributed by atoms with Gasteiger partial charge in [-0.1, -0.05) is 11.6 Å². The van der Waals surface area contributed by atoms with Gasteiger partial charge >= 0.3 is 5.97 Å². The largest absolute Gasteiger partial charge is 0.481 e. The molecule has 0 spiro atoms. The van der Waals surface area contributed by atoms with Gasteiger partial charge in [0.25, 0.3) is 0 Å². The van der Waals surface area contributed by atoms with E-state index in [1.165, 1.54) is 7.11 Å². The second kappa shape index (κ2) is 5.57. The Morgan fingerprint density at radius 1 is 1.56 bits per heavy atom. The van der Waals surface area contributed by atoms with Crippen LogP contribution in [0.15, 0.2) is 12.3 Å². The van der Waals surface area contributed by atoms with E-state index < -0.39 is 0 Å². The first-order valence-electron chi connectivity index (χ1n) is 5.92. The van der Waals surface area contributed by atoms with E-state index in [0.717, 1.165) is 18.4 Å². The number of hydrogen-bond acceptors (Lipinski definition) is 4. The lowest BCUT2D eigenvalue weighted by Crippen LogP contribution is -2.11. The van der Waals surface area contributed by atoms with E-state index in [1.54, 1.807) is 13.3 Å². The highest BCUT2D eigenvalue weighted by Gasteiger charge is 2.35. The number of methoxy groups -OCH3 is 2. The minimum atomic E-state index is -0.209. The molecule has 2 rings (SSSR count). The van der Waals surface area contributed by atoms with E-state index in [1.807, 2.05) is 6.07 Å². The molecule has 18 heavy (non-hydrogen) atoms. The number of hydrogen-bond donors (Lipinski definition) is 0. The van der Waals surface area contributed by atoms with E-state index in [4.69, 9.17) is 21.1 Å². The summed E-state index contributed by atoms with van der Waals surface area (Å²) < 4.78 is 9.85. The number of carbonyl (C=O) groups is 1. The van der Waals surface area contributed by atoms with Crippen molar-refractivity contribution in [2.24, 2.45) is 5.92 Å². The lowest BCUT2D eigenvalue weighted by molar-refractivity contribution is -0.141. The highest BCUT2D eigenvalue weighted by molar-refractivity contribution is 6.31. The summed E-state index contributed by atoms with van der Waals surface area (Å²) in [5.41, 5.74) is 0.927. The minimum absolute atomic E-state index is 0.0989. The number of aromatic nitrogens is 1. The topological polar surface area (TPSA) is 48.4 Å². The summed E-state index contributed by atoms with van der Waals surface area (Å²) in [5.74, 6) is 0.916. The summed E-state index contributed by atoms with van der Waals surface area (Å²) in [7, 11) is 2.97. The van der Waals surface area contributed by atoms with E-state index in [2.05, 4.69) is 4.98 Å². The number of ether oxygens (including phenoxy) is 2. The Morgan fingerprint density at radius 2 is 2.28 bits per heavy atom. The maximum absolute atomic E-state index is 11.5. The zero-order valence-electron chi connectivity index (χ0n) is 10.5. The van der Waals surface area contributed by atoms with Gasteiger partial charge in [-0.15, -0.1) is 0 Å². The van der Waals surface area contributed by atoms with Crippen molar-refractivity contribution in [1.29, 1.82) is 0 Å². The van der Waals surface area contributed by atoms with Gasteiger partial charge < -0.3 is 9.47 Å². The molecular formula is C13H16ClNO3. The van der Waals surface area contributed by atoms with Gasteiger partial charge in [-0.3, -0.25) is 4.79 Å². The van der Waals surface area contributed by atoms with Crippen LogP contribution < -0.4 is 4.74 Å². The van der Waals surface area contributed by atoms with Gasteiger partial charge in [-0.2, -0.15) is 0 Å². The molecule has 1 unspecified atom stereocenters. The number of pyridine rings is 1. The summed E-state index contributed by atoms with van der Waals surface area (Å²) >= 11 is 6.18. The first kappa shape index (κ1) is 13.1. The van der Waals surface area contributed by atoms with Gasteiger partial charge in [-0.05, 0) is 30.2 Å². The van der Waals surface area contributed by atoms with Gasteiger partial charge in [-0.25, -0.2) is 4.98 Å². The summed E-state index contributed by atoms with van der Waals surface area (Å²) in [6.07, 6.45) is 4.18. The summed E-state index contributed by atoms with van der Waals surface area (Å²) in [4.78, 5) is 15.5. The molecule has 0 radical (unpaired) electrons. The maximum Gasteiger partial charge on any atom is 0.306 e. The van der Waals surface area contributed by atoms with Crippen molar-refractivity contribution in [1.82, 2.24) is 4.98 Å². The average molecular weight is 270 g/mol. The van der Waals surface area contributed by atoms with Crippen molar-refractivity contribution < 1.29 is 14.3 Å². The van der Waals surface area contributed by atoms with Crippen LogP contribution in [-0.2, 0) is 9.53 Å². The quantitative estimate of drug-likeness (QED) is 0.771. The van der Waals surface area contributed by atoms with Gasteiger partial charge in [0.05, 0.1) is 25.7 Å². The van der Waals surface area contributed by atoms with Crippen molar-refractivity contribution >= 4 is 17.6 Å². The van der Waals surface area contributed by atoms with Crippen LogP contribution in [0.1, 0.15) is 30.7 Å². The molecule has 1 aliphatic rings. The Kier molecular flexibility index (Phi) is 4.07. The van der Waals surface area contributed by atoms with Gasteiger partial charge in [0.15, 0.2) is 0 Å². The molecule has 1 aromatic heterocycles. The summed E-state index contributed by atoms with van der Waals surface area (Å²) in [6.45, 7) is 0. The van der Waals surface area contributed by atoms with Crippen molar-refractivity contribution in [3.63, 3.8) is 0 Å². The number of carbonyl (C=O) groups excluding carboxylic acids is 1. The average Bonchev–Trinajstić information content (AvgIpc) is 3.21. The smallest absolute Gasteiger partial charge is 0.306 e. The summed E-state index contributed by atoms with van der Waals surface area (Å²) in [5, 5.41) is 0.580. The molecule has 1 saturated carbocycles. The molecule has 0 aromatic carbocycles. The number of rotatable bonds is 5. The zero-order valence-corrected chi connectivity index (χ0v) is 11.2. The van der Waals surface area contributed by atoms with Crippen LogP contribution in [0.3, 0.4) is 0 Å². The number of halogens is 1. The third-order valence-electron chi connectivity index (χ3n) is 3.27. The first-order chi connectivity index (χ1) is 8.65. The third-order valence-corrected chi connectivity index (χ3v) is 3.59. The van der Waals surface area contributed by atoms with Crippen molar-refractivity contribution in [3.8, 4) is 5.88 Å². The predicted molar refractivity (Wildman–Crippen MR) is 67.9 cm³/mol. The van der Waals surface area contributed by atoms with Crippen LogP contribution in [0.4, 0.5) is 0 Å². The molecular weight excluding hydrogens is 254 g/mol. The zero-order chi connectivity index (χ0) is 13.1. The second-order valence-electron chi connectivity index (χ2n) is 4.47. The SMILES string of the molecule is COC(=O)CC(c1cc(OC)ncc1Cl)C1CC1. The molecule has 1 fully saturated rings. The minimum Gasteiger partial charge on any atom is -0.481 e.